The molecule has 0 spiro atoms. The number of thiol groups is 1. The van der Waals surface area contributed by atoms with E-state index in [4.69, 9.17) is 0 Å². The van der Waals surface area contributed by atoms with E-state index in [2.05, 4.69) is 24.8 Å². The van der Waals surface area contributed by atoms with Crippen LogP contribution in [0.3, 0.4) is 0 Å². The van der Waals surface area contributed by atoms with Crippen molar-refractivity contribution < 1.29 is 0 Å². The fourth-order valence-electron chi connectivity index (χ4n) is 0.583. The van der Waals surface area contributed by atoms with E-state index in [-0.39, 0.29) is 0 Å². The van der Waals surface area contributed by atoms with Gasteiger partial charge in [0.15, 0.2) is 0 Å². The van der Waals surface area contributed by atoms with E-state index in [1.54, 1.807) is 0 Å². The van der Waals surface area contributed by atoms with Crippen molar-refractivity contribution in [3.63, 3.8) is 0 Å². The molecular formula is C11H20S. The highest BCUT2D eigenvalue weighted by Gasteiger charge is 1.80. The van der Waals surface area contributed by atoms with Crippen molar-refractivity contribution in [1.29, 1.82) is 0 Å². The molecule has 0 aliphatic carbocycles. The van der Waals surface area contributed by atoms with E-state index in [1.807, 2.05) is 45.9 Å². The molecule has 70 valence electrons. The third-order valence-electron chi connectivity index (χ3n) is 1.03. The summed E-state index contributed by atoms with van der Waals surface area (Å²) < 4.78 is 0. The first-order chi connectivity index (χ1) is 5.93. The molecule has 0 saturated heterocycles. The van der Waals surface area contributed by atoms with Gasteiger partial charge < -0.3 is 0 Å². The Labute approximate surface area is 82.4 Å². The zero-order valence-corrected chi connectivity index (χ0v) is 9.44. The maximum atomic E-state index is 4.11. The van der Waals surface area contributed by atoms with Crippen molar-refractivity contribution in [1.82, 2.24) is 0 Å². The van der Waals surface area contributed by atoms with Gasteiger partial charge in [-0.2, -0.15) is 12.6 Å². The molecule has 0 bridgehead atoms. The van der Waals surface area contributed by atoms with Gasteiger partial charge in [0.1, 0.15) is 0 Å². The number of hydrogen-bond donors (Lipinski definition) is 1. The Balaban J connectivity index is 0. The normalized spacial score (nSPS) is 7.08. The second-order valence-corrected chi connectivity index (χ2v) is 1.96. The van der Waals surface area contributed by atoms with Crippen LogP contribution < -0.4 is 0 Å². The zero-order chi connectivity index (χ0) is 9.82. The van der Waals surface area contributed by atoms with Gasteiger partial charge in [0, 0.05) is 5.75 Å². The highest BCUT2D eigenvalue weighted by Crippen LogP contribution is 2.00. The van der Waals surface area contributed by atoms with Crippen LogP contribution >= 0.6 is 12.6 Å². The van der Waals surface area contributed by atoms with Crippen LogP contribution in [0.5, 0.6) is 0 Å². The Kier molecular flexibility index (Phi) is 15.5. The third kappa shape index (κ3) is 7.67. The molecule has 0 saturated carbocycles. The molecule has 0 heterocycles. The highest BCUT2D eigenvalue weighted by atomic mass is 32.1. The molecular weight excluding hydrogens is 164 g/mol. The molecule has 12 heavy (non-hydrogen) atoms. The van der Waals surface area contributed by atoms with E-state index in [0.29, 0.717) is 0 Å². The molecule has 1 heteroatoms. The topological polar surface area (TPSA) is 0 Å². The van der Waals surface area contributed by atoms with Gasteiger partial charge in [-0.15, -0.1) is 0 Å². The lowest BCUT2D eigenvalue weighted by molar-refractivity contribution is 1.43. The second-order valence-electron chi connectivity index (χ2n) is 1.64. The fourth-order valence-corrected chi connectivity index (χ4v) is 0.794. The molecule has 0 aromatic heterocycles. The van der Waals surface area contributed by atoms with Crippen LogP contribution in [-0.2, 0) is 5.75 Å². The van der Waals surface area contributed by atoms with Crippen molar-refractivity contribution in [2.24, 2.45) is 0 Å². The average Bonchev–Trinajstić information content (AvgIpc) is 2.25. The molecule has 0 fully saturated rings. The monoisotopic (exact) mass is 184 g/mol. The average molecular weight is 184 g/mol. The maximum Gasteiger partial charge on any atom is 0.0154 e. The van der Waals surface area contributed by atoms with Crippen LogP contribution in [0.1, 0.15) is 33.3 Å². The van der Waals surface area contributed by atoms with E-state index >= 15 is 0 Å². The lowest BCUT2D eigenvalue weighted by Crippen LogP contribution is -1.71. The summed E-state index contributed by atoms with van der Waals surface area (Å²) in [5, 5.41) is 0. The van der Waals surface area contributed by atoms with Gasteiger partial charge in [0.25, 0.3) is 0 Å². The molecule has 0 aliphatic heterocycles. The van der Waals surface area contributed by atoms with Crippen LogP contribution in [-0.4, -0.2) is 0 Å². The summed E-state index contributed by atoms with van der Waals surface area (Å²) in [6.45, 7) is 8.00. The van der Waals surface area contributed by atoms with Gasteiger partial charge in [0.05, 0.1) is 0 Å². The SMILES string of the molecule is CC.CC.SCc1ccccc1. The lowest BCUT2D eigenvalue weighted by Gasteiger charge is -1.89. The summed E-state index contributed by atoms with van der Waals surface area (Å²) in [5.41, 5.74) is 1.27. The Morgan fingerprint density at radius 2 is 1.33 bits per heavy atom. The Morgan fingerprint density at radius 1 is 0.917 bits per heavy atom. The number of rotatable bonds is 1. The van der Waals surface area contributed by atoms with Crippen molar-refractivity contribution in [3.05, 3.63) is 35.9 Å². The van der Waals surface area contributed by atoms with Gasteiger partial charge in [-0.3, -0.25) is 0 Å². The highest BCUT2D eigenvalue weighted by molar-refractivity contribution is 7.79. The van der Waals surface area contributed by atoms with Crippen LogP contribution in [0.4, 0.5) is 0 Å². The van der Waals surface area contributed by atoms with E-state index < -0.39 is 0 Å². The van der Waals surface area contributed by atoms with Crippen molar-refractivity contribution in [2.75, 3.05) is 0 Å². The van der Waals surface area contributed by atoms with Gasteiger partial charge in [0.2, 0.25) is 0 Å². The molecule has 0 amide bonds. The van der Waals surface area contributed by atoms with E-state index in [1.165, 1.54) is 5.56 Å². The first-order valence-corrected chi connectivity index (χ1v) is 5.21. The van der Waals surface area contributed by atoms with Gasteiger partial charge >= 0.3 is 0 Å². The summed E-state index contributed by atoms with van der Waals surface area (Å²) >= 11 is 4.11. The largest absolute Gasteiger partial charge is 0.175 e. The Morgan fingerprint density at radius 3 is 1.58 bits per heavy atom. The minimum absolute atomic E-state index is 0.834. The Hall–Kier alpha value is -0.430. The fraction of sp³-hybridized carbons (Fsp3) is 0.455. The van der Waals surface area contributed by atoms with Crippen molar-refractivity contribution in [3.8, 4) is 0 Å². The van der Waals surface area contributed by atoms with Gasteiger partial charge in [-0.1, -0.05) is 58.0 Å². The van der Waals surface area contributed by atoms with Crippen molar-refractivity contribution in [2.45, 2.75) is 33.4 Å². The standard InChI is InChI=1S/C7H8S.2C2H6/c8-6-7-4-2-1-3-5-7;2*1-2/h1-5,8H,6H2;2*1-2H3. The first kappa shape index (κ1) is 14.1. The van der Waals surface area contributed by atoms with Crippen molar-refractivity contribution >= 4 is 12.6 Å². The molecule has 0 unspecified atom stereocenters. The predicted molar refractivity (Wildman–Crippen MR) is 61.8 cm³/mol. The molecule has 1 aromatic rings. The first-order valence-electron chi connectivity index (χ1n) is 4.58. The summed E-state index contributed by atoms with van der Waals surface area (Å²) in [7, 11) is 0. The predicted octanol–water partition coefficient (Wildman–Crippen LogP) is 4.17. The quantitative estimate of drug-likeness (QED) is 0.622. The molecule has 0 radical (unpaired) electrons. The Bertz CT molecular complexity index is 146. The van der Waals surface area contributed by atoms with Gasteiger partial charge in [-0.05, 0) is 5.56 Å². The molecule has 1 aromatic carbocycles. The van der Waals surface area contributed by atoms with Crippen LogP contribution in [0.15, 0.2) is 30.3 Å². The molecule has 0 aliphatic rings. The minimum Gasteiger partial charge on any atom is -0.175 e. The van der Waals surface area contributed by atoms with Crippen LogP contribution in [0.25, 0.3) is 0 Å². The molecule has 0 atom stereocenters. The summed E-state index contributed by atoms with van der Waals surface area (Å²) in [4.78, 5) is 0. The lowest BCUT2D eigenvalue weighted by atomic mass is 10.2. The summed E-state index contributed by atoms with van der Waals surface area (Å²) in [5.74, 6) is 0.834. The number of hydrogen-bond acceptors (Lipinski definition) is 1. The molecule has 0 N–H and O–H groups in total. The van der Waals surface area contributed by atoms with Crippen LogP contribution in [0, 0.1) is 0 Å². The summed E-state index contributed by atoms with van der Waals surface area (Å²) in [6, 6.07) is 10.2. The van der Waals surface area contributed by atoms with E-state index in [9.17, 15) is 0 Å². The second kappa shape index (κ2) is 13.2. The molecule has 0 nitrogen and oxygen atoms in total. The zero-order valence-electron chi connectivity index (χ0n) is 8.54. The summed E-state index contributed by atoms with van der Waals surface area (Å²) in [6.07, 6.45) is 0. The smallest absolute Gasteiger partial charge is 0.0154 e. The van der Waals surface area contributed by atoms with E-state index in [0.717, 1.165) is 5.75 Å². The molecule has 1 rings (SSSR count). The minimum atomic E-state index is 0.834. The van der Waals surface area contributed by atoms with Crippen LogP contribution in [0.2, 0.25) is 0 Å². The van der Waals surface area contributed by atoms with Gasteiger partial charge in [-0.25, -0.2) is 0 Å². The third-order valence-corrected chi connectivity index (χ3v) is 1.39. The number of benzene rings is 1. The maximum absolute atomic E-state index is 4.11.